The number of carboxylic acid groups (broad SMARTS) is 1. The summed E-state index contributed by atoms with van der Waals surface area (Å²) in [6.45, 7) is 2.27. The smallest absolute Gasteiger partial charge is 0.391 e. The van der Waals surface area contributed by atoms with Gasteiger partial charge in [-0.1, -0.05) is 29.8 Å². The Kier molecular flexibility index (Phi) is 7.68. The van der Waals surface area contributed by atoms with Crippen LogP contribution in [-0.4, -0.2) is 47.4 Å². The summed E-state index contributed by atoms with van der Waals surface area (Å²) in [5.74, 6) is -3.34. The van der Waals surface area contributed by atoms with Crippen molar-refractivity contribution in [2.24, 2.45) is 5.92 Å². The SMILES string of the molecule is COc1ncc(C(=O)N[C@]2(C(=O)O)CC[C@@H](C(F)(F)F)CC2)cc1OCCc1cccc(C)c1. The molecule has 10 heteroatoms. The maximum absolute atomic E-state index is 13.0. The fraction of sp³-hybridized carbons (Fsp3) is 0.458. The second kappa shape index (κ2) is 10.3. The summed E-state index contributed by atoms with van der Waals surface area (Å²) in [5.41, 5.74) is 0.431. The molecule has 3 rings (SSSR count). The van der Waals surface area contributed by atoms with Gasteiger partial charge in [0.15, 0.2) is 5.75 Å². The number of amides is 1. The van der Waals surface area contributed by atoms with E-state index in [9.17, 15) is 27.9 Å². The zero-order chi connectivity index (χ0) is 24.9. The molecule has 2 aromatic rings. The highest BCUT2D eigenvalue weighted by Crippen LogP contribution is 2.41. The van der Waals surface area contributed by atoms with E-state index in [1.165, 1.54) is 19.4 Å². The molecule has 0 unspecified atom stereocenters. The zero-order valence-electron chi connectivity index (χ0n) is 18.9. The topological polar surface area (TPSA) is 97.8 Å². The Morgan fingerprint density at radius 3 is 2.53 bits per heavy atom. The standard InChI is InChI=1S/C24H27F3N2O5/c1-15-4-3-5-16(12-15)8-11-34-19-13-17(14-28-21(19)33-2)20(30)29-23(22(31)32)9-6-18(7-10-23)24(25,26)27/h3-5,12-14,18H,6-11H2,1-2H3,(H,29,30)(H,31,32)/t18-,23-. The number of hydrogen-bond donors (Lipinski definition) is 2. The molecule has 1 fully saturated rings. The molecule has 1 aliphatic rings. The Labute approximate surface area is 195 Å². The minimum atomic E-state index is -4.39. The van der Waals surface area contributed by atoms with Gasteiger partial charge in [-0.3, -0.25) is 4.79 Å². The number of ether oxygens (including phenoxy) is 2. The van der Waals surface area contributed by atoms with E-state index in [0.29, 0.717) is 6.42 Å². The average Bonchev–Trinajstić information content (AvgIpc) is 2.78. The van der Waals surface area contributed by atoms with Crippen LogP contribution in [0.1, 0.15) is 47.2 Å². The molecule has 1 saturated carbocycles. The van der Waals surface area contributed by atoms with E-state index >= 15 is 0 Å². The Morgan fingerprint density at radius 1 is 1.24 bits per heavy atom. The first-order valence-corrected chi connectivity index (χ1v) is 10.9. The van der Waals surface area contributed by atoms with E-state index in [2.05, 4.69) is 10.3 Å². The zero-order valence-corrected chi connectivity index (χ0v) is 18.9. The molecular formula is C24H27F3N2O5. The van der Waals surface area contributed by atoms with Crippen LogP contribution in [0.2, 0.25) is 0 Å². The lowest BCUT2D eigenvalue weighted by atomic mass is 9.76. The second-order valence-corrected chi connectivity index (χ2v) is 8.48. The molecule has 7 nitrogen and oxygen atoms in total. The monoisotopic (exact) mass is 480 g/mol. The number of aromatic nitrogens is 1. The van der Waals surface area contributed by atoms with Crippen LogP contribution in [0.15, 0.2) is 36.5 Å². The summed E-state index contributed by atoms with van der Waals surface area (Å²) < 4.78 is 49.9. The van der Waals surface area contributed by atoms with Crippen LogP contribution in [0.4, 0.5) is 13.2 Å². The number of nitrogens with zero attached hydrogens (tertiary/aromatic N) is 1. The van der Waals surface area contributed by atoms with Gasteiger partial charge in [-0.05, 0) is 38.2 Å². The number of rotatable bonds is 8. The highest BCUT2D eigenvalue weighted by molar-refractivity contribution is 5.98. The Bertz CT molecular complexity index is 1030. The van der Waals surface area contributed by atoms with Gasteiger partial charge >= 0.3 is 12.1 Å². The fourth-order valence-corrected chi connectivity index (χ4v) is 4.08. The van der Waals surface area contributed by atoms with Crippen molar-refractivity contribution in [2.75, 3.05) is 13.7 Å². The number of alkyl halides is 3. The Hall–Kier alpha value is -3.30. The number of carboxylic acids is 1. The van der Waals surface area contributed by atoms with Crippen LogP contribution in [0, 0.1) is 12.8 Å². The number of aryl methyl sites for hydroxylation is 1. The van der Waals surface area contributed by atoms with Crippen LogP contribution in [-0.2, 0) is 11.2 Å². The van der Waals surface area contributed by atoms with Gasteiger partial charge < -0.3 is 19.9 Å². The molecule has 2 N–H and O–H groups in total. The van der Waals surface area contributed by atoms with E-state index in [0.717, 1.165) is 11.1 Å². The van der Waals surface area contributed by atoms with Crippen molar-refractivity contribution in [1.82, 2.24) is 10.3 Å². The third kappa shape index (κ3) is 5.98. The van der Waals surface area contributed by atoms with Crippen molar-refractivity contribution in [3.8, 4) is 11.6 Å². The maximum atomic E-state index is 13.0. The summed E-state index contributed by atoms with van der Waals surface area (Å²) in [6, 6.07) is 9.31. The lowest BCUT2D eigenvalue weighted by Gasteiger charge is -2.37. The Balaban J connectivity index is 1.70. The van der Waals surface area contributed by atoms with E-state index < -0.39 is 29.5 Å². The number of pyridine rings is 1. The lowest BCUT2D eigenvalue weighted by molar-refractivity contribution is -0.187. The summed E-state index contributed by atoms with van der Waals surface area (Å²) in [6.07, 6.45) is -3.96. The highest BCUT2D eigenvalue weighted by atomic mass is 19.4. The molecule has 1 aliphatic carbocycles. The van der Waals surface area contributed by atoms with Gasteiger partial charge in [0.05, 0.1) is 25.2 Å². The molecule has 0 atom stereocenters. The number of nitrogens with one attached hydrogen (secondary N) is 1. The van der Waals surface area contributed by atoms with E-state index in [1.54, 1.807) is 0 Å². The predicted octanol–water partition coefficient (Wildman–Crippen LogP) is 4.33. The molecule has 0 spiro atoms. The number of hydrogen-bond acceptors (Lipinski definition) is 5. The largest absolute Gasteiger partial charge is 0.488 e. The van der Waals surface area contributed by atoms with Gasteiger partial charge in [-0.15, -0.1) is 0 Å². The summed E-state index contributed by atoms with van der Waals surface area (Å²) in [7, 11) is 1.40. The molecule has 34 heavy (non-hydrogen) atoms. The first kappa shape index (κ1) is 25.3. The highest BCUT2D eigenvalue weighted by Gasteiger charge is 2.49. The van der Waals surface area contributed by atoms with Crippen LogP contribution >= 0.6 is 0 Å². The van der Waals surface area contributed by atoms with Gasteiger partial charge in [0.2, 0.25) is 0 Å². The van der Waals surface area contributed by atoms with Gasteiger partial charge in [-0.2, -0.15) is 13.2 Å². The number of carbonyl (C=O) groups excluding carboxylic acids is 1. The molecule has 0 aliphatic heterocycles. The molecule has 1 aromatic heterocycles. The number of halogens is 3. The predicted molar refractivity (Wildman–Crippen MR) is 117 cm³/mol. The van der Waals surface area contributed by atoms with Crippen LogP contribution < -0.4 is 14.8 Å². The van der Waals surface area contributed by atoms with Crippen molar-refractivity contribution in [3.05, 3.63) is 53.2 Å². The molecule has 1 aromatic carbocycles. The molecule has 0 bridgehead atoms. The van der Waals surface area contributed by atoms with Crippen molar-refractivity contribution < 1.29 is 37.3 Å². The summed E-state index contributed by atoms with van der Waals surface area (Å²) in [4.78, 5) is 28.8. The minimum absolute atomic E-state index is 0.0184. The number of benzene rings is 1. The normalized spacial score (nSPS) is 20.4. The molecule has 184 valence electrons. The molecule has 0 radical (unpaired) electrons. The van der Waals surface area contributed by atoms with Crippen LogP contribution in [0.5, 0.6) is 11.6 Å². The first-order chi connectivity index (χ1) is 16.0. The van der Waals surface area contributed by atoms with Crippen LogP contribution in [0.3, 0.4) is 0 Å². The number of aliphatic carboxylic acids is 1. The van der Waals surface area contributed by atoms with E-state index in [-0.39, 0.29) is 49.5 Å². The summed E-state index contributed by atoms with van der Waals surface area (Å²) in [5, 5.41) is 12.1. The van der Waals surface area contributed by atoms with Crippen LogP contribution in [0.25, 0.3) is 0 Å². The quantitative estimate of drug-likeness (QED) is 0.584. The van der Waals surface area contributed by atoms with Gasteiger partial charge in [0.1, 0.15) is 5.54 Å². The molecular weight excluding hydrogens is 453 g/mol. The molecule has 1 amide bonds. The van der Waals surface area contributed by atoms with Crippen molar-refractivity contribution in [1.29, 1.82) is 0 Å². The van der Waals surface area contributed by atoms with E-state index in [4.69, 9.17) is 9.47 Å². The van der Waals surface area contributed by atoms with Crippen molar-refractivity contribution >= 4 is 11.9 Å². The number of methoxy groups -OCH3 is 1. The molecule has 1 heterocycles. The van der Waals surface area contributed by atoms with Crippen molar-refractivity contribution in [3.63, 3.8) is 0 Å². The second-order valence-electron chi connectivity index (χ2n) is 8.48. The maximum Gasteiger partial charge on any atom is 0.391 e. The van der Waals surface area contributed by atoms with E-state index in [1.807, 2.05) is 31.2 Å². The average molecular weight is 480 g/mol. The number of carbonyl (C=O) groups is 2. The molecule has 0 saturated heterocycles. The third-order valence-corrected chi connectivity index (χ3v) is 6.07. The van der Waals surface area contributed by atoms with Gasteiger partial charge in [0.25, 0.3) is 11.8 Å². The fourth-order valence-electron chi connectivity index (χ4n) is 4.08. The Morgan fingerprint density at radius 2 is 1.94 bits per heavy atom. The lowest BCUT2D eigenvalue weighted by Crippen LogP contribution is -2.57. The van der Waals surface area contributed by atoms with Crippen molar-refractivity contribution in [2.45, 2.75) is 50.7 Å². The minimum Gasteiger partial charge on any atom is -0.488 e. The third-order valence-electron chi connectivity index (χ3n) is 6.07. The van der Waals surface area contributed by atoms with Gasteiger partial charge in [0, 0.05) is 18.7 Å². The van der Waals surface area contributed by atoms with Gasteiger partial charge in [-0.25, -0.2) is 9.78 Å². The summed E-state index contributed by atoms with van der Waals surface area (Å²) >= 11 is 0. The first-order valence-electron chi connectivity index (χ1n) is 10.9.